The minimum Gasteiger partial charge on any atom is -0.383 e. The van der Waals surface area contributed by atoms with E-state index in [0.29, 0.717) is 5.82 Å². The van der Waals surface area contributed by atoms with Crippen LogP contribution in [0.1, 0.15) is 32.2 Å². The fourth-order valence-corrected chi connectivity index (χ4v) is 1.96. The van der Waals surface area contributed by atoms with Crippen LogP contribution in [0.15, 0.2) is 30.3 Å². The molecule has 4 heteroatoms. The van der Waals surface area contributed by atoms with Crippen molar-refractivity contribution >= 4 is 17.3 Å². The average Bonchev–Trinajstić information content (AvgIpc) is 2.40. The van der Waals surface area contributed by atoms with E-state index in [2.05, 4.69) is 37.9 Å². The van der Waals surface area contributed by atoms with Crippen molar-refractivity contribution in [2.75, 3.05) is 17.7 Å². The molecular weight excluding hydrogens is 248 g/mol. The Kier molecular flexibility index (Phi) is 3.66. The number of hydrogen-bond acceptors (Lipinski definition) is 4. The number of hydrogen-bond donors (Lipinski definition) is 1. The first-order valence-corrected chi connectivity index (χ1v) is 6.74. The lowest BCUT2D eigenvalue weighted by Crippen LogP contribution is -2.22. The molecule has 2 N–H and O–H groups in total. The number of aromatic nitrogens is 2. The van der Waals surface area contributed by atoms with Crippen molar-refractivity contribution in [3.8, 4) is 0 Å². The molecule has 2 rings (SSSR count). The number of rotatable bonds is 2. The molecule has 0 bridgehead atoms. The molecular formula is C16H22N4. The lowest BCUT2D eigenvalue weighted by molar-refractivity contribution is 0.546. The Morgan fingerprint density at radius 3 is 2.20 bits per heavy atom. The minimum absolute atomic E-state index is 0.131. The van der Waals surface area contributed by atoms with Gasteiger partial charge < -0.3 is 10.6 Å². The van der Waals surface area contributed by atoms with E-state index in [-0.39, 0.29) is 5.41 Å². The zero-order valence-corrected chi connectivity index (χ0v) is 12.8. The van der Waals surface area contributed by atoms with Crippen LogP contribution in [0.3, 0.4) is 0 Å². The van der Waals surface area contributed by atoms with E-state index in [4.69, 9.17) is 10.7 Å². The summed E-state index contributed by atoms with van der Waals surface area (Å²) in [7, 11) is 2.00. The summed E-state index contributed by atoms with van der Waals surface area (Å²) in [6.45, 7) is 8.22. The molecule has 0 aliphatic carbocycles. The van der Waals surface area contributed by atoms with E-state index in [1.807, 2.05) is 37.1 Å². The van der Waals surface area contributed by atoms with Gasteiger partial charge in [-0.2, -0.15) is 0 Å². The van der Waals surface area contributed by atoms with Gasteiger partial charge in [0.1, 0.15) is 17.5 Å². The molecule has 106 valence electrons. The quantitative estimate of drug-likeness (QED) is 0.908. The summed E-state index contributed by atoms with van der Waals surface area (Å²) in [6, 6.07) is 10.1. The predicted molar refractivity (Wildman–Crippen MR) is 84.4 cm³/mol. The molecule has 1 heterocycles. The van der Waals surface area contributed by atoms with Crippen LogP contribution in [0.4, 0.5) is 17.3 Å². The second-order valence-corrected chi connectivity index (χ2v) is 6.03. The van der Waals surface area contributed by atoms with Crippen LogP contribution in [0.2, 0.25) is 0 Å². The summed E-state index contributed by atoms with van der Waals surface area (Å²) in [6.07, 6.45) is 0. The molecule has 0 aliphatic heterocycles. The maximum Gasteiger partial charge on any atom is 0.141 e. The van der Waals surface area contributed by atoms with Crippen LogP contribution in [-0.4, -0.2) is 17.0 Å². The van der Waals surface area contributed by atoms with E-state index < -0.39 is 0 Å². The highest BCUT2D eigenvalue weighted by atomic mass is 15.2. The van der Waals surface area contributed by atoms with Crippen molar-refractivity contribution in [2.45, 2.75) is 33.1 Å². The van der Waals surface area contributed by atoms with Crippen LogP contribution in [0, 0.1) is 6.92 Å². The summed E-state index contributed by atoms with van der Waals surface area (Å²) in [5.41, 5.74) is 7.91. The van der Waals surface area contributed by atoms with Gasteiger partial charge in [-0.3, -0.25) is 0 Å². The Morgan fingerprint density at radius 1 is 1.05 bits per heavy atom. The van der Waals surface area contributed by atoms with Crippen LogP contribution in [0.25, 0.3) is 0 Å². The number of benzene rings is 1. The summed E-state index contributed by atoms with van der Waals surface area (Å²) in [5, 5.41) is 0. The largest absolute Gasteiger partial charge is 0.383 e. The van der Waals surface area contributed by atoms with Crippen LogP contribution < -0.4 is 10.6 Å². The topological polar surface area (TPSA) is 55.0 Å². The highest BCUT2D eigenvalue weighted by molar-refractivity contribution is 5.65. The van der Waals surface area contributed by atoms with Crippen LogP contribution in [-0.2, 0) is 5.41 Å². The first-order chi connectivity index (χ1) is 9.30. The summed E-state index contributed by atoms with van der Waals surface area (Å²) < 4.78 is 0. The monoisotopic (exact) mass is 270 g/mol. The third-order valence-corrected chi connectivity index (χ3v) is 3.29. The van der Waals surface area contributed by atoms with Crippen molar-refractivity contribution in [3.63, 3.8) is 0 Å². The molecule has 0 aliphatic rings. The van der Waals surface area contributed by atoms with E-state index >= 15 is 0 Å². The molecule has 0 fully saturated rings. The van der Waals surface area contributed by atoms with Gasteiger partial charge in [0.15, 0.2) is 0 Å². The Bertz CT molecular complexity index is 600. The molecule has 0 amide bonds. The Balaban J connectivity index is 2.54. The summed E-state index contributed by atoms with van der Waals surface area (Å²) >= 11 is 0. The van der Waals surface area contributed by atoms with Gasteiger partial charge in [0.25, 0.3) is 0 Å². The van der Waals surface area contributed by atoms with Gasteiger partial charge in [-0.05, 0) is 19.1 Å². The van der Waals surface area contributed by atoms with E-state index in [0.717, 1.165) is 22.9 Å². The zero-order chi connectivity index (χ0) is 14.9. The van der Waals surface area contributed by atoms with Gasteiger partial charge in [-0.15, -0.1) is 0 Å². The van der Waals surface area contributed by atoms with Crippen LogP contribution >= 0.6 is 0 Å². The number of anilines is 3. The van der Waals surface area contributed by atoms with E-state index in [1.54, 1.807) is 0 Å². The van der Waals surface area contributed by atoms with Crippen molar-refractivity contribution in [1.82, 2.24) is 9.97 Å². The van der Waals surface area contributed by atoms with Crippen molar-refractivity contribution in [2.24, 2.45) is 0 Å². The first kappa shape index (κ1) is 14.3. The molecule has 0 unspecified atom stereocenters. The lowest BCUT2D eigenvalue weighted by atomic mass is 9.95. The maximum atomic E-state index is 6.06. The third kappa shape index (κ3) is 2.74. The number of nitrogens with zero attached hydrogens (tertiary/aromatic N) is 3. The first-order valence-electron chi connectivity index (χ1n) is 6.74. The maximum absolute atomic E-state index is 6.06. The standard InChI is InChI=1S/C16H22N4/c1-11-13(17)18-15(16(2,3)4)19-14(11)20(5)12-9-7-6-8-10-12/h6-10H,1-5H3,(H2,17,18,19). The highest BCUT2D eigenvalue weighted by Crippen LogP contribution is 2.30. The molecule has 20 heavy (non-hydrogen) atoms. The van der Waals surface area contributed by atoms with Gasteiger partial charge in [0.2, 0.25) is 0 Å². The van der Waals surface area contributed by atoms with Crippen molar-refractivity contribution < 1.29 is 0 Å². The second-order valence-electron chi connectivity index (χ2n) is 6.03. The molecule has 0 spiro atoms. The molecule has 1 aromatic heterocycles. The Morgan fingerprint density at radius 2 is 1.65 bits per heavy atom. The van der Waals surface area contributed by atoms with Gasteiger partial charge in [-0.1, -0.05) is 39.0 Å². The molecule has 2 aromatic rings. The number of nitrogens with two attached hydrogens (primary N) is 1. The fourth-order valence-electron chi connectivity index (χ4n) is 1.96. The van der Waals surface area contributed by atoms with E-state index in [1.165, 1.54) is 0 Å². The molecule has 0 saturated heterocycles. The second kappa shape index (κ2) is 5.12. The summed E-state index contributed by atoms with van der Waals surface area (Å²) in [4.78, 5) is 11.2. The Labute approximate surface area is 120 Å². The van der Waals surface area contributed by atoms with Gasteiger partial charge >= 0.3 is 0 Å². The smallest absolute Gasteiger partial charge is 0.141 e. The molecule has 1 aromatic carbocycles. The van der Waals surface area contributed by atoms with Crippen LogP contribution in [0.5, 0.6) is 0 Å². The summed E-state index contributed by atoms with van der Waals surface area (Å²) in [5.74, 6) is 2.16. The zero-order valence-electron chi connectivity index (χ0n) is 12.8. The minimum atomic E-state index is -0.131. The van der Waals surface area contributed by atoms with Crippen molar-refractivity contribution in [1.29, 1.82) is 0 Å². The fraction of sp³-hybridized carbons (Fsp3) is 0.375. The Hall–Kier alpha value is -2.10. The van der Waals surface area contributed by atoms with Gasteiger partial charge in [0.05, 0.1) is 0 Å². The molecule has 0 atom stereocenters. The predicted octanol–water partition coefficient (Wildman–Crippen LogP) is 3.43. The normalized spacial score (nSPS) is 11.4. The highest BCUT2D eigenvalue weighted by Gasteiger charge is 2.22. The van der Waals surface area contributed by atoms with Crippen molar-refractivity contribution in [3.05, 3.63) is 41.7 Å². The van der Waals surface area contributed by atoms with Gasteiger partial charge in [0, 0.05) is 23.7 Å². The third-order valence-electron chi connectivity index (χ3n) is 3.29. The van der Waals surface area contributed by atoms with Gasteiger partial charge in [-0.25, -0.2) is 9.97 Å². The average molecular weight is 270 g/mol. The lowest BCUT2D eigenvalue weighted by Gasteiger charge is -2.24. The van der Waals surface area contributed by atoms with E-state index in [9.17, 15) is 0 Å². The molecule has 0 saturated carbocycles. The molecule has 4 nitrogen and oxygen atoms in total. The molecule has 0 radical (unpaired) electrons. The number of para-hydroxylation sites is 1. The SMILES string of the molecule is Cc1c(N)nc(C(C)(C)C)nc1N(C)c1ccccc1. The number of nitrogen functional groups attached to an aromatic ring is 1.